The highest BCUT2D eigenvalue weighted by molar-refractivity contribution is 6.35. The predicted molar refractivity (Wildman–Crippen MR) is 70.6 cm³/mol. The molecular formula is C13H12ClN3O. The second-order valence-corrected chi connectivity index (χ2v) is 4.29. The molecule has 2 rings (SSSR count). The number of halogens is 1. The van der Waals surface area contributed by atoms with Gasteiger partial charge in [-0.25, -0.2) is 4.98 Å². The number of hydrogen-bond donors (Lipinski definition) is 0. The van der Waals surface area contributed by atoms with E-state index < -0.39 is 0 Å². The Hall–Kier alpha value is -1.86. The van der Waals surface area contributed by atoms with Crippen molar-refractivity contribution in [3.63, 3.8) is 0 Å². The molecule has 18 heavy (non-hydrogen) atoms. The van der Waals surface area contributed by atoms with E-state index in [4.69, 9.17) is 16.9 Å². The topological polar surface area (TPSA) is 58.7 Å². The smallest absolute Gasteiger partial charge is 0.262 e. The van der Waals surface area contributed by atoms with Crippen molar-refractivity contribution >= 4 is 22.5 Å². The van der Waals surface area contributed by atoms with E-state index in [0.29, 0.717) is 34.7 Å². The molecule has 92 valence electrons. The fourth-order valence-electron chi connectivity index (χ4n) is 1.93. The molecule has 0 unspecified atom stereocenters. The monoisotopic (exact) mass is 261 g/mol. The van der Waals surface area contributed by atoms with Gasteiger partial charge in [0.25, 0.3) is 5.56 Å². The number of nitriles is 1. The van der Waals surface area contributed by atoms with Crippen LogP contribution < -0.4 is 5.56 Å². The van der Waals surface area contributed by atoms with Crippen molar-refractivity contribution in [1.29, 1.82) is 5.26 Å². The minimum absolute atomic E-state index is 0.169. The second-order valence-electron chi connectivity index (χ2n) is 3.88. The molecule has 0 radical (unpaired) electrons. The normalized spacial score (nSPS) is 10.5. The van der Waals surface area contributed by atoms with Gasteiger partial charge in [-0.3, -0.25) is 9.36 Å². The molecule has 1 aromatic carbocycles. The molecule has 4 nitrogen and oxygen atoms in total. The molecule has 0 bridgehead atoms. The summed E-state index contributed by atoms with van der Waals surface area (Å²) in [5.74, 6) is 0.685. The molecule has 1 aromatic heterocycles. The van der Waals surface area contributed by atoms with Gasteiger partial charge in [0.05, 0.1) is 28.4 Å². The number of fused-ring (bicyclic) bond motifs is 1. The molecule has 1 heterocycles. The number of hydrogen-bond acceptors (Lipinski definition) is 3. The summed E-state index contributed by atoms with van der Waals surface area (Å²) in [6, 6.07) is 7.26. The summed E-state index contributed by atoms with van der Waals surface area (Å²) in [5.41, 5.74) is 0.440. The van der Waals surface area contributed by atoms with Crippen LogP contribution in [0, 0.1) is 11.3 Å². The highest BCUT2D eigenvalue weighted by Gasteiger charge is 2.11. The molecule has 0 saturated heterocycles. The molecule has 0 aliphatic rings. The van der Waals surface area contributed by atoms with Crippen molar-refractivity contribution in [2.45, 2.75) is 26.3 Å². The van der Waals surface area contributed by atoms with Crippen molar-refractivity contribution in [2.24, 2.45) is 0 Å². The molecule has 0 saturated carbocycles. The zero-order valence-electron chi connectivity index (χ0n) is 9.98. The number of nitrogens with zero attached hydrogens (tertiary/aromatic N) is 3. The summed E-state index contributed by atoms with van der Waals surface area (Å²) in [7, 11) is 0. The van der Waals surface area contributed by atoms with Crippen LogP contribution in [0.1, 0.15) is 19.2 Å². The Morgan fingerprint density at radius 2 is 2.28 bits per heavy atom. The molecular weight excluding hydrogens is 250 g/mol. The Bertz CT molecular complexity index is 685. The average Bonchev–Trinajstić information content (AvgIpc) is 2.37. The summed E-state index contributed by atoms with van der Waals surface area (Å²) in [4.78, 5) is 16.8. The Kier molecular flexibility index (Phi) is 3.63. The summed E-state index contributed by atoms with van der Waals surface area (Å²) in [5, 5.41) is 9.46. The number of benzene rings is 1. The lowest BCUT2D eigenvalue weighted by atomic mass is 10.2. The standard InChI is InChI=1S/C13H12ClN3O/c1-2-11-16-10-6-3-5-9(14)12(10)13(18)17(11)8-4-7-15/h3,5-6H,2,4,8H2,1H3. The van der Waals surface area contributed by atoms with Crippen LogP contribution in [0.3, 0.4) is 0 Å². The molecule has 0 atom stereocenters. The van der Waals surface area contributed by atoms with E-state index in [1.54, 1.807) is 18.2 Å². The van der Waals surface area contributed by atoms with E-state index in [2.05, 4.69) is 4.98 Å². The third kappa shape index (κ3) is 2.09. The van der Waals surface area contributed by atoms with E-state index in [1.807, 2.05) is 13.0 Å². The van der Waals surface area contributed by atoms with Gasteiger partial charge >= 0.3 is 0 Å². The molecule has 0 spiro atoms. The van der Waals surface area contributed by atoms with Crippen molar-refractivity contribution in [3.8, 4) is 6.07 Å². The Morgan fingerprint density at radius 1 is 1.50 bits per heavy atom. The Morgan fingerprint density at radius 3 is 2.94 bits per heavy atom. The molecule has 0 N–H and O–H groups in total. The first-order chi connectivity index (χ1) is 8.69. The lowest BCUT2D eigenvalue weighted by molar-refractivity contribution is 0.633. The van der Waals surface area contributed by atoms with Gasteiger partial charge in [-0.1, -0.05) is 24.6 Å². The van der Waals surface area contributed by atoms with Crippen molar-refractivity contribution in [2.75, 3.05) is 0 Å². The van der Waals surface area contributed by atoms with Crippen molar-refractivity contribution < 1.29 is 0 Å². The van der Waals surface area contributed by atoms with Gasteiger partial charge in [-0.15, -0.1) is 0 Å². The van der Waals surface area contributed by atoms with Crippen LogP contribution in [0.2, 0.25) is 5.02 Å². The maximum atomic E-state index is 12.4. The van der Waals surface area contributed by atoms with Gasteiger partial charge in [-0.05, 0) is 12.1 Å². The van der Waals surface area contributed by atoms with Gasteiger partial charge < -0.3 is 0 Å². The second kappa shape index (κ2) is 5.19. The van der Waals surface area contributed by atoms with E-state index >= 15 is 0 Å². The van der Waals surface area contributed by atoms with E-state index in [9.17, 15) is 4.79 Å². The minimum atomic E-state index is -0.169. The van der Waals surface area contributed by atoms with Crippen LogP contribution in [0.4, 0.5) is 0 Å². The molecule has 0 aliphatic carbocycles. The molecule has 0 fully saturated rings. The highest BCUT2D eigenvalue weighted by Crippen LogP contribution is 2.18. The lowest BCUT2D eigenvalue weighted by Crippen LogP contribution is -2.25. The van der Waals surface area contributed by atoms with E-state index in [0.717, 1.165) is 0 Å². The molecule has 0 aliphatic heterocycles. The SMILES string of the molecule is CCc1nc2cccc(Cl)c2c(=O)n1CCC#N. The fourth-order valence-corrected chi connectivity index (χ4v) is 2.18. The third-order valence-electron chi connectivity index (χ3n) is 2.78. The third-order valence-corrected chi connectivity index (χ3v) is 3.09. The lowest BCUT2D eigenvalue weighted by Gasteiger charge is -2.11. The van der Waals surface area contributed by atoms with Crippen LogP contribution >= 0.6 is 11.6 Å². The zero-order chi connectivity index (χ0) is 13.1. The zero-order valence-corrected chi connectivity index (χ0v) is 10.7. The van der Waals surface area contributed by atoms with Crippen LogP contribution in [-0.2, 0) is 13.0 Å². The number of aromatic nitrogens is 2. The van der Waals surface area contributed by atoms with Gasteiger partial charge in [0.2, 0.25) is 0 Å². The number of rotatable bonds is 3. The quantitative estimate of drug-likeness (QED) is 0.853. The van der Waals surface area contributed by atoms with Gasteiger partial charge in [0, 0.05) is 13.0 Å². The van der Waals surface area contributed by atoms with E-state index in [-0.39, 0.29) is 12.0 Å². The predicted octanol–water partition coefficient (Wildman–Crippen LogP) is 2.53. The maximum Gasteiger partial charge on any atom is 0.262 e. The minimum Gasteiger partial charge on any atom is -0.295 e. The van der Waals surface area contributed by atoms with Crippen LogP contribution in [0.25, 0.3) is 10.9 Å². The molecule has 0 amide bonds. The Labute approximate surface area is 109 Å². The van der Waals surface area contributed by atoms with E-state index in [1.165, 1.54) is 4.57 Å². The van der Waals surface area contributed by atoms with Crippen LogP contribution in [-0.4, -0.2) is 9.55 Å². The first kappa shape index (κ1) is 12.6. The average molecular weight is 262 g/mol. The molecule has 5 heteroatoms. The summed E-state index contributed by atoms with van der Waals surface area (Å²) < 4.78 is 1.54. The summed E-state index contributed by atoms with van der Waals surface area (Å²) in [6.07, 6.45) is 0.924. The largest absolute Gasteiger partial charge is 0.295 e. The van der Waals surface area contributed by atoms with Gasteiger partial charge in [0.1, 0.15) is 5.82 Å². The van der Waals surface area contributed by atoms with Gasteiger partial charge in [-0.2, -0.15) is 5.26 Å². The van der Waals surface area contributed by atoms with Crippen LogP contribution in [0.15, 0.2) is 23.0 Å². The highest BCUT2D eigenvalue weighted by atomic mass is 35.5. The first-order valence-electron chi connectivity index (χ1n) is 5.74. The van der Waals surface area contributed by atoms with Crippen molar-refractivity contribution in [3.05, 3.63) is 39.4 Å². The van der Waals surface area contributed by atoms with Crippen LogP contribution in [0.5, 0.6) is 0 Å². The molecule has 2 aromatic rings. The summed E-state index contributed by atoms with van der Waals surface area (Å²) >= 11 is 6.05. The summed E-state index contributed by atoms with van der Waals surface area (Å²) in [6.45, 7) is 2.29. The van der Waals surface area contributed by atoms with Crippen molar-refractivity contribution in [1.82, 2.24) is 9.55 Å². The first-order valence-corrected chi connectivity index (χ1v) is 6.11. The fraction of sp³-hybridized carbons (Fsp3) is 0.308. The number of aryl methyl sites for hydroxylation is 1. The Balaban J connectivity index is 2.76. The van der Waals surface area contributed by atoms with Gasteiger partial charge in [0.15, 0.2) is 0 Å². The maximum absolute atomic E-state index is 12.4.